The van der Waals surface area contributed by atoms with Crippen LogP contribution in [-0.4, -0.2) is 54.6 Å². The highest BCUT2D eigenvalue weighted by molar-refractivity contribution is 5.97. The number of hydrogen-bond acceptors (Lipinski definition) is 4. The second kappa shape index (κ2) is 7.47. The van der Waals surface area contributed by atoms with Crippen LogP contribution in [0.5, 0.6) is 0 Å². The molecule has 0 radical (unpaired) electrons. The van der Waals surface area contributed by atoms with Crippen molar-refractivity contribution in [1.82, 2.24) is 15.2 Å². The molecule has 0 bridgehead atoms. The number of amides is 1. The predicted molar refractivity (Wildman–Crippen MR) is 107 cm³/mol. The van der Waals surface area contributed by atoms with Crippen molar-refractivity contribution in [3.05, 3.63) is 23.5 Å². The maximum absolute atomic E-state index is 15.0. The Morgan fingerprint density at radius 1 is 1.48 bits per heavy atom. The van der Waals surface area contributed by atoms with Crippen molar-refractivity contribution in [1.29, 1.82) is 0 Å². The molecule has 0 spiro atoms. The molecule has 0 saturated carbocycles. The van der Waals surface area contributed by atoms with Crippen molar-refractivity contribution in [3.63, 3.8) is 0 Å². The normalized spacial score (nSPS) is 24.5. The third kappa shape index (κ3) is 4.16. The average molecular weight is 377 g/mol. The van der Waals surface area contributed by atoms with Gasteiger partial charge in [0.2, 0.25) is 5.91 Å². The number of pyridine rings is 1. The summed E-state index contributed by atoms with van der Waals surface area (Å²) < 4.78 is 15.0. The van der Waals surface area contributed by atoms with Gasteiger partial charge in [0, 0.05) is 49.4 Å². The zero-order valence-corrected chi connectivity index (χ0v) is 17.3. The summed E-state index contributed by atoms with van der Waals surface area (Å²) in [6.45, 7) is 13.6. The molecule has 2 unspecified atom stereocenters. The lowest BCUT2D eigenvalue weighted by atomic mass is 9.87. The molecule has 1 fully saturated rings. The fourth-order valence-electron chi connectivity index (χ4n) is 4.29. The molecule has 0 aliphatic carbocycles. The van der Waals surface area contributed by atoms with E-state index in [1.165, 1.54) is 0 Å². The lowest BCUT2D eigenvalue weighted by Crippen LogP contribution is -2.52. The lowest BCUT2D eigenvalue weighted by Gasteiger charge is -2.32. The first-order chi connectivity index (χ1) is 12.6. The van der Waals surface area contributed by atoms with Crippen molar-refractivity contribution in [2.75, 3.05) is 37.6 Å². The Morgan fingerprint density at radius 2 is 2.22 bits per heavy atom. The fourth-order valence-corrected chi connectivity index (χ4v) is 4.29. The molecule has 1 aromatic rings. The number of anilines is 1. The van der Waals surface area contributed by atoms with E-state index in [2.05, 4.69) is 36.0 Å². The Kier molecular flexibility index (Phi) is 5.59. The number of halogens is 1. The van der Waals surface area contributed by atoms with Gasteiger partial charge in [0.1, 0.15) is 5.67 Å². The van der Waals surface area contributed by atoms with Gasteiger partial charge in [-0.2, -0.15) is 0 Å². The second-order valence-electron chi connectivity index (χ2n) is 8.99. The number of nitrogens with one attached hydrogen (secondary N) is 1. The Morgan fingerprint density at radius 3 is 2.89 bits per heavy atom. The molecular formula is C21H33FN4O. The fraction of sp³-hybridized carbons (Fsp3) is 0.714. The molecule has 0 aromatic carbocycles. The highest BCUT2D eigenvalue weighted by atomic mass is 19.1. The summed E-state index contributed by atoms with van der Waals surface area (Å²) in [6, 6.07) is 2.20. The minimum Gasteiger partial charge on any atom is -0.312 e. The van der Waals surface area contributed by atoms with Crippen LogP contribution in [0.2, 0.25) is 0 Å². The quantitative estimate of drug-likeness (QED) is 0.858. The van der Waals surface area contributed by atoms with E-state index in [0.29, 0.717) is 31.2 Å². The van der Waals surface area contributed by atoms with Crippen LogP contribution in [0, 0.1) is 0 Å². The predicted octanol–water partition coefficient (Wildman–Crippen LogP) is 2.98. The van der Waals surface area contributed by atoms with Gasteiger partial charge in [0.15, 0.2) is 0 Å². The summed E-state index contributed by atoms with van der Waals surface area (Å²) in [5.41, 5.74) is 0.636. The minimum atomic E-state index is -1.47. The summed E-state index contributed by atoms with van der Waals surface area (Å²) in [5, 5.41) is 3.40. The Labute approximate surface area is 162 Å². The zero-order chi connectivity index (χ0) is 19.8. The van der Waals surface area contributed by atoms with E-state index in [0.717, 1.165) is 37.3 Å². The number of nitrogens with zero attached hydrogens (tertiary/aromatic N) is 3. The van der Waals surface area contributed by atoms with Gasteiger partial charge < -0.3 is 10.2 Å². The first-order valence-corrected chi connectivity index (χ1v) is 10.1. The molecule has 3 rings (SSSR count). The molecule has 27 heavy (non-hydrogen) atoms. The molecule has 2 aliphatic heterocycles. The molecule has 1 aromatic heterocycles. The SMILES string of the molecule is CCCC(C)(F)c1cc2c(cn1)C(C)(C)CN2C(=O)CN1CCNC(C)C1. The number of rotatable bonds is 5. The molecule has 1 amide bonds. The van der Waals surface area contributed by atoms with Crippen molar-refractivity contribution in [3.8, 4) is 0 Å². The van der Waals surface area contributed by atoms with Gasteiger partial charge in [-0.3, -0.25) is 14.7 Å². The highest BCUT2D eigenvalue weighted by Gasteiger charge is 2.40. The summed E-state index contributed by atoms with van der Waals surface area (Å²) in [4.78, 5) is 21.6. The van der Waals surface area contributed by atoms with Crippen molar-refractivity contribution < 1.29 is 9.18 Å². The average Bonchev–Trinajstić information content (AvgIpc) is 2.86. The monoisotopic (exact) mass is 376 g/mol. The zero-order valence-electron chi connectivity index (χ0n) is 17.3. The number of carbonyl (C=O) groups is 1. The van der Waals surface area contributed by atoms with Gasteiger partial charge in [-0.15, -0.1) is 0 Å². The molecule has 1 saturated heterocycles. The Balaban J connectivity index is 1.85. The summed E-state index contributed by atoms with van der Waals surface area (Å²) >= 11 is 0. The van der Waals surface area contributed by atoms with Gasteiger partial charge in [-0.1, -0.05) is 27.2 Å². The maximum Gasteiger partial charge on any atom is 0.241 e. The van der Waals surface area contributed by atoms with E-state index in [1.54, 1.807) is 19.2 Å². The van der Waals surface area contributed by atoms with Gasteiger partial charge in [-0.05, 0) is 26.3 Å². The summed E-state index contributed by atoms with van der Waals surface area (Å²) in [5.74, 6) is 0.0872. The van der Waals surface area contributed by atoms with E-state index in [4.69, 9.17) is 0 Å². The molecule has 6 heteroatoms. The number of alkyl halides is 1. The van der Waals surface area contributed by atoms with Gasteiger partial charge >= 0.3 is 0 Å². The standard InChI is InChI=1S/C21H33FN4O/c1-6-7-21(5,22)18-10-17-16(11-24-18)20(3,4)14-26(17)19(27)13-25-9-8-23-15(2)12-25/h10-11,15,23H,6-9,12-14H2,1-5H3. The largest absolute Gasteiger partial charge is 0.312 e. The topological polar surface area (TPSA) is 48.5 Å². The van der Waals surface area contributed by atoms with Gasteiger partial charge in [-0.25, -0.2) is 4.39 Å². The minimum absolute atomic E-state index is 0.0872. The number of carbonyl (C=O) groups excluding carboxylic acids is 1. The van der Waals surface area contributed by atoms with Crippen LogP contribution in [0.1, 0.15) is 58.7 Å². The summed E-state index contributed by atoms with van der Waals surface area (Å²) in [7, 11) is 0. The lowest BCUT2D eigenvalue weighted by molar-refractivity contribution is -0.120. The Hall–Kier alpha value is -1.53. The van der Waals surface area contributed by atoms with Gasteiger partial charge in [0.05, 0.1) is 17.9 Å². The highest BCUT2D eigenvalue weighted by Crippen LogP contribution is 2.42. The molecule has 5 nitrogen and oxygen atoms in total. The molecule has 2 aliphatic rings. The molecule has 150 valence electrons. The van der Waals surface area contributed by atoms with Gasteiger partial charge in [0.25, 0.3) is 0 Å². The first kappa shape index (κ1) is 20.2. The van der Waals surface area contributed by atoms with E-state index < -0.39 is 5.67 Å². The van der Waals surface area contributed by atoms with Crippen LogP contribution in [0.25, 0.3) is 0 Å². The molecule has 1 N–H and O–H groups in total. The van der Waals surface area contributed by atoms with Crippen molar-refractivity contribution in [2.45, 2.75) is 64.6 Å². The van der Waals surface area contributed by atoms with Crippen LogP contribution >= 0.6 is 0 Å². The van der Waals surface area contributed by atoms with E-state index >= 15 is 4.39 Å². The Bertz CT molecular complexity index is 703. The third-order valence-corrected chi connectivity index (χ3v) is 5.82. The van der Waals surface area contributed by atoms with Crippen LogP contribution in [-0.2, 0) is 15.9 Å². The van der Waals surface area contributed by atoms with Crippen LogP contribution in [0.3, 0.4) is 0 Å². The van der Waals surface area contributed by atoms with Crippen molar-refractivity contribution >= 4 is 11.6 Å². The number of piperazine rings is 1. The van der Waals surface area contributed by atoms with Crippen LogP contribution in [0.4, 0.5) is 10.1 Å². The number of hydrogen-bond donors (Lipinski definition) is 1. The van der Waals surface area contributed by atoms with E-state index in [9.17, 15) is 4.79 Å². The number of fused-ring (bicyclic) bond motifs is 1. The molecule has 3 heterocycles. The van der Waals surface area contributed by atoms with Crippen LogP contribution < -0.4 is 10.2 Å². The van der Waals surface area contributed by atoms with Crippen LogP contribution in [0.15, 0.2) is 12.3 Å². The second-order valence-corrected chi connectivity index (χ2v) is 8.99. The maximum atomic E-state index is 15.0. The molecule has 2 atom stereocenters. The third-order valence-electron chi connectivity index (χ3n) is 5.82. The number of aromatic nitrogens is 1. The first-order valence-electron chi connectivity index (χ1n) is 10.1. The molecular weight excluding hydrogens is 343 g/mol. The van der Waals surface area contributed by atoms with E-state index in [1.807, 2.05) is 11.8 Å². The van der Waals surface area contributed by atoms with E-state index in [-0.39, 0.29) is 11.3 Å². The van der Waals surface area contributed by atoms with Crippen molar-refractivity contribution in [2.24, 2.45) is 0 Å². The smallest absolute Gasteiger partial charge is 0.241 e. The summed E-state index contributed by atoms with van der Waals surface area (Å²) in [6.07, 6.45) is 2.95.